The Labute approximate surface area is 106 Å². The van der Waals surface area contributed by atoms with Crippen LogP contribution in [0, 0.1) is 18.6 Å². The molecule has 0 atom stereocenters. The molecule has 0 spiro atoms. The second-order valence-corrected chi connectivity index (χ2v) is 3.81. The smallest absolute Gasteiger partial charge is 0.247 e. The third-order valence-electron chi connectivity index (χ3n) is 2.17. The van der Waals surface area contributed by atoms with Gasteiger partial charge in [-0.3, -0.25) is 0 Å². The molecule has 0 amide bonds. The molecule has 0 saturated heterocycles. The maximum Gasteiger partial charge on any atom is 0.247 e. The molecule has 0 radical (unpaired) electrons. The van der Waals surface area contributed by atoms with Gasteiger partial charge in [0.1, 0.15) is 11.5 Å². The largest absolute Gasteiger partial charge is 0.434 e. The number of aromatic nitrogens is 2. The average Bonchev–Trinajstić information content (AvgIpc) is 2.29. The number of nitrogens with zero attached hydrogens (tertiary/aromatic N) is 2. The van der Waals surface area contributed by atoms with E-state index in [4.69, 9.17) is 22.1 Å². The fourth-order valence-electron chi connectivity index (χ4n) is 1.26. The number of rotatable bonds is 2. The van der Waals surface area contributed by atoms with E-state index in [-0.39, 0.29) is 22.6 Å². The standard InChI is InChI=1S/C11H8ClF2N3O/c1-5-9(15)10(17-11(12)16-5)18-8-3-2-6(13)4-7(8)14/h2-4H,15H2,1H3. The van der Waals surface area contributed by atoms with Crippen molar-refractivity contribution in [3.63, 3.8) is 0 Å². The van der Waals surface area contributed by atoms with Crippen molar-refractivity contribution in [1.29, 1.82) is 0 Å². The lowest BCUT2D eigenvalue weighted by Crippen LogP contribution is -2.01. The number of hydrogen-bond acceptors (Lipinski definition) is 4. The zero-order valence-corrected chi connectivity index (χ0v) is 10.0. The van der Waals surface area contributed by atoms with Crippen LogP contribution in [0.1, 0.15) is 5.69 Å². The van der Waals surface area contributed by atoms with Crippen LogP contribution in [0.15, 0.2) is 18.2 Å². The van der Waals surface area contributed by atoms with Gasteiger partial charge in [0, 0.05) is 6.07 Å². The Balaban J connectivity index is 2.40. The lowest BCUT2D eigenvalue weighted by atomic mass is 10.3. The quantitative estimate of drug-likeness (QED) is 0.853. The summed E-state index contributed by atoms with van der Waals surface area (Å²) in [5.74, 6) is -1.83. The van der Waals surface area contributed by atoms with Crippen molar-refractivity contribution in [3.05, 3.63) is 40.8 Å². The molecule has 2 N–H and O–H groups in total. The Kier molecular flexibility index (Phi) is 3.29. The Morgan fingerprint density at radius 3 is 2.67 bits per heavy atom. The Morgan fingerprint density at radius 1 is 1.28 bits per heavy atom. The topological polar surface area (TPSA) is 61.0 Å². The molecule has 18 heavy (non-hydrogen) atoms. The molecular weight excluding hydrogens is 264 g/mol. The average molecular weight is 272 g/mol. The van der Waals surface area contributed by atoms with E-state index in [0.29, 0.717) is 11.8 Å². The van der Waals surface area contributed by atoms with Crippen LogP contribution in [-0.4, -0.2) is 9.97 Å². The first-order chi connectivity index (χ1) is 8.47. The summed E-state index contributed by atoms with van der Waals surface area (Å²) in [7, 11) is 0. The molecule has 0 bridgehead atoms. The van der Waals surface area contributed by atoms with Gasteiger partial charge in [0.25, 0.3) is 0 Å². The van der Waals surface area contributed by atoms with Gasteiger partial charge in [0.05, 0.1) is 5.69 Å². The number of aryl methyl sites for hydroxylation is 1. The summed E-state index contributed by atoms with van der Waals surface area (Å²) in [6, 6.07) is 2.89. The van der Waals surface area contributed by atoms with Gasteiger partial charge in [0.15, 0.2) is 11.6 Å². The van der Waals surface area contributed by atoms with Crippen LogP contribution >= 0.6 is 11.6 Å². The predicted octanol–water partition coefficient (Wildman–Crippen LogP) is 3.09. The van der Waals surface area contributed by atoms with Crippen LogP contribution in [0.4, 0.5) is 14.5 Å². The second kappa shape index (κ2) is 4.73. The Hall–Kier alpha value is -1.95. The first-order valence-corrected chi connectivity index (χ1v) is 5.27. The van der Waals surface area contributed by atoms with Crippen molar-refractivity contribution in [2.24, 2.45) is 0 Å². The van der Waals surface area contributed by atoms with Crippen molar-refractivity contribution in [3.8, 4) is 11.6 Å². The second-order valence-electron chi connectivity index (χ2n) is 3.47. The van der Waals surface area contributed by atoms with E-state index in [1.165, 1.54) is 0 Å². The van der Waals surface area contributed by atoms with Gasteiger partial charge < -0.3 is 10.5 Å². The van der Waals surface area contributed by atoms with Gasteiger partial charge in [-0.05, 0) is 30.7 Å². The van der Waals surface area contributed by atoms with E-state index < -0.39 is 11.6 Å². The van der Waals surface area contributed by atoms with Crippen molar-refractivity contribution in [2.45, 2.75) is 6.92 Å². The van der Waals surface area contributed by atoms with Crippen molar-refractivity contribution < 1.29 is 13.5 Å². The van der Waals surface area contributed by atoms with E-state index in [1.807, 2.05) is 0 Å². The molecule has 0 aliphatic heterocycles. The first kappa shape index (κ1) is 12.5. The fraction of sp³-hybridized carbons (Fsp3) is 0.0909. The zero-order valence-electron chi connectivity index (χ0n) is 9.25. The highest BCUT2D eigenvalue weighted by Crippen LogP contribution is 2.29. The van der Waals surface area contributed by atoms with Gasteiger partial charge >= 0.3 is 0 Å². The minimum Gasteiger partial charge on any atom is -0.434 e. The molecule has 94 valence electrons. The third-order valence-corrected chi connectivity index (χ3v) is 2.34. The van der Waals surface area contributed by atoms with Gasteiger partial charge in [-0.1, -0.05) is 0 Å². The summed E-state index contributed by atoms with van der Waals surface area (Å²) in [5.41, 5.74) is 6.23. The van der Waals surface area contributed by atoms with E-state index in [0.717, 1.165) is 12.1 Å². The highest BCUT2D eigenvalue weighted by molar-refractivity contribution is 6.28. The number of ether oxygens (including phenoxy) is 1. The molecule has 1 heterocycles. The molecule has 2 rings (SSSR count). The number of benzene rings is 1. The summed E-state index contributed by atoms with van der Waals surface area (Å²) in [6.45, 7) is 1.61. The molecule has 2 aromatic rings. The van der Waals surface area contributed by atoms with Crippen LogP contribution in [-0.2, 0) is 0 Å². The van der Waals surface area contributed by atoms with Crippen LogP contribution in [0.2, 0.25) is 5.28 Å². The number of hydrogen-bond donors (Lipinski definition) is 1. The number of nitrogens with two attached hydrogens (primary N) is 1. The van der Waals surface area contributed by atoms with Crippen LogP contribution in [0.5, 0.6) is 11.6 Å². The highest BCUT2D eigenvalue weighted by atomic mass is 35.5. The third kappa shape index (κ3) is 2.48. The fourth-order valence-corrected chi connectivity index (χ4v) is 1.47. The summed E-state index contributed by atoms with van der Waals surface area (Å²) in [4.78, 5) is 7.55. The summed E-state index contributed by atoms with van der Waals surface area (Å²) in [5, 5.41) is -0.0702. The normalized spacial score (nSPS) is 10.4. The van der Waals surface area contributed by atoms with Crippen molar-refractivity contribution >= 4 is 17.3 Å². The molecule has 1 aromatic heterocycles. The van der Waals surface area contributed by atoms with Crippen molar-refractivity contribution in [1.82, 2.24) is 9.97 Å². The molecule has 1 aromatic carbocycles. The van der Waals surface area contributed by atoms with E-state index >= 15 is 0 Å². The maximum atomic E-state index is 13.4. The van der Waals surface area contributed by atoms with Crippen molar-refractivity contribution in [2.75, 3.05) is 5.73 Å². The van der Waals surface area contributed by atoms with Crippen LogP contribution in [0.3, 0.4) is 0 Å². The van der Waals surface area contributed by atoms with Gasteiger partial charge in [0.2, 0.25) is 11.2 Å². The molecule has 0 saturated carbocycles. The van der Waals surface area contributed by atoms with E-state index in [9.17, 15) is 8.78 Å². The van der Waals surface area contributed by atoms with Gasteiger partial charge in [-0.25, -0.2) is 13.8 Å². The van der Waals surface area contributed by atoms with Crippen LogP contribution < -0.4 is 10.5 Å². The number of nitrogen functional groups attached to an aromatic ring is 1. The van der Waals surface area contributed by atoms with E-state index in [1.54, 1.807) is 6.92 Å². The SMILES string of the molecule is Cc1nc(Cl)nc(Oc2ccc(F)cc2F)c1N. The maximum absolute atomic E-state index is 13.4. The zero-order chi connectivity index (χ0) is 13.3. The van der Waals surface area contributed by atoms with Gasteiger partial charge in [-0.15, -0.1) is 0 Å². The highest BCUT2D eigenvalue weighted by Gasteiger charge is 2.13. The molecule has 0 unspecified atom stereocenters. The molecule has 0 aliphatic rings. The summed E-state index contributed by atoms with van der Waals surface area (Å²) < 4.78 is 31.3. The lowest BCUT2D eigenvalue weighted by molar-refractivity contribution is 0.424. The monoisotopic (exact) mass is 271 g/mol. The summed E-state index contributed by atoms with van der Waals surface area (Å²) >= 11 is 5.64. The Morgan fingerprint density at radius 2 is 2.00 bits per heavy atom. The number of anilines is 1. The predicted molar refractivity (Wildman–Crippen MR) is 62.6 cm³/mol. The first-order valence-electron chi connectivity index (χ1n) is 4.90. The minimum absolute atomic E-state index is 0.0702. The molecule has 0 fully saturated rings. The summed E-state index contributed by atoms with van der Waals surface area (Å²) in [6.07, 6.45) is 0. The molecule has 7 heteroatoms. The van der Waals surface area contributed by atoms with Crippen LogP contribution in [0.25, 0.3) is 0 Å². The molecule has 4 nitrogen and oxygen atoms in total. The minimum atomic E-state index is -0.859. The van der Waals surface area contributed by atoms with E-state index in [2.05, 4.69) is 9.97 Å². The molecular formula is C11H8ClF2N3O. The molecule has 0 aliphatic carbocycles. The lowest BCUT2D eigenvalue weighted by Gasteiger charge is -2.09. The number of halogens is 3. The Bertz CT molecular complexity index is 607. The van der Waals surface area contributed by atoms with Gasteiger partial charge in [-0.2, -0.15) is 4.98 Å².